The van der Waals surface area contributed by atoms with Gasteiger partial charge < -0.3 is 14.6 Å². The molecule has 1 atom stereocenters. The number of benzene rings is 1. The molecule has 2 aromatic rings. The van der Waals surface area contributed by atoms with E-state index in [0.29, 0.717) is 26.7 Å². The van der Waals surface area contributed by atoms with E-state index in [1.54, 1.807) is 6.07 Å². The minimum absolute atomic E-state index is 0.0137. The number of piperazine rings is 1. The molecule has 0 amide bonds. The minimum atomic E-state index is -4.34. The van der Waals surface area contributed by atoms with Crippen molar-refractivity contribution in [2.24, 2.45) is 0 Å². The molecular weight excluding hydrogens is 455 g/mol. The summed E-state index contributed by atoms with van der Waals surface area (Å²) in [6.45, 7) is 2.12. The van der Waals surface area contributed by atoms with Crippen molar-refractivity contribution in [1.82, 2.24) is 9.47 Å². The largest absolute Gasteiger partial charge is 0.477 e. The van der Waals surface area contributed by atoms with Crippen LogP contribution in [-0.2, 0) is 6.42 Å². The third-order valence-corrected chi connectivity index (χ3v) is 6.42. The highest BCUT2D eigenvalue weighted by Crippen LogP contribution is 2.41. The first-order chi connectivity index (χ1) is 13.6. The minimum Gasteiger partial charge on any atom is -0.477 e. The number of pyridine rings is 1. The molecule has 0 saturated carbocycles. The van der Waals surface area contributed by atoms with Crippen LogP contribution in [0.3, 0.4) is 0 Å². The summed E-state index contributed by atoms with van der Waals surface area (Å²) in [5.74, 6) is -1.27. The number of aromatic nitrogens is 1. The molecule has 0 spiro atoms. The van der Waals surface area contributed by atoms with Gasteiger partial charge in [-0.15, -0.1) is 0 Å². The Morgan fingerprint density at radius 1 is 1.24 bits per heavy atom. The molecule has 29 heavy (non-hydrogen) atoms. The van der Waals surface area contributed by atoms with Gasteiger partial charge >= 0.3 is 12.3 Å². The summed E-state index contributed by atoms with van der Waals surface area (Å²) < 4.78 is 41.3. The molecular formula is C19H19BrF3N3O3. The van der Waals surface area contributed by atoms with E-state index in [1.165, 1.54) is 6.20 Å². The van der Waals surface area contributed by atoms with Crippen molar-refractivity contribution in [3.8, 4) is 0 Å². The summed E-state index contributed by atoms with van der Waals surface area (Å²) >= 11 is 3.49. The zero-order valence-electron chi connectivity index (χ0n) is 15.6. The molecule has 2 aliphatic heterocycles. The number of alkyl halides is 3. The number of halogens is 4. The summed E-state index contributed by atoms with van der Waals surface area (Å²) in [5, 5.41) is 9.72. The van der Waals surface area contributed by atoms with Crippen LogP contribution in [0.4, 0.5) is 18.9 Å². The van der Waals surface area contributed by atoms with Gasteiger partial charge in [0.15, 0.2) is 0 Å². The van der Waals surface area contributed by atoms with Crippen LogP contribution >= 0.6 is 15.9 Å². The Morgan fingerprint density at radius 3 is 2.48 bits per heavy atom. The summed E-state index contributed by atoms with van der Waals surface area (Å²) in [6, 6.07) is 1.62. The Hall–Kier alpha value is -2.07. The fraction of sp³-hybridized carbons (Fsp3) is 0.474. The Morgan fingerprint density at radius 2 is 1.90 bits per heavy atom. The Balaban J connectivity index is 1.86. The first kappa shape index (κ1) is 20.2. The molecule has 1 N–H and O–H groups in total. The first-order valence-electron chi connectivity index (χ1n) is 9.30. The van der Waals surface area contributed by atoms with E-state index in [1.807, 2.05) is 16.4 Å². The lowest BCUT2D eigenvalue weighted by Crippen LogP contribution is -2.52. The van der Waals surface area contributed by atoms with Gasteiger partial charge in [-0.2, -0.15) is 13.2 Å². The molecule has 0 bridgehead atoms. The zero-order chi connectivity index (χ0) is 21.1. The van der Waals surface area contributed by atoms with Crippen LogP contribution in [0.1, 0.15) is 35.3 Å². The molecule has 0 aliphatic carbocycles. The molecule has 1 fully saturated rings. The van der Waals surface area contributed by atoms with Crippen LogP contribution in [0, 0.1) is 0 Å². The first-order valence-corrected chi connectivity index (χ1v) is 10.1. The smallest absolute Gasteiger partial charge is 0.460 e. The maximum Gasteiger partial charge on any atom is 0.460 e. The van der Waals surface area contributed by atoms with E-state index < -0.39 is 17.7 Å². The number of hydrogen-bond donors (Lipinski definition) is 1. The Bertz CT molecular complexity index is 1060. The lowest BCUT2D eigenvalue weighted by molar-refractivity contribution is -0.246. The van der Waals surface area contributed by atoms with Gasteiger partial charge in [-0.05, 0) is 41.8 Å². The fourth-order valence-corrected chi connectivity index (χ4v) is 5.03. The maximum atomic E-state index is 13.0. The van der Waals surface area contributed by atoms with Crippen LogP contribution in [0.25, 0.3) is 10.9 Å². The molecule has 2 aliphatic rings. The molecule has 1 aromatic carbocycles. The average molecular weight is 474 g/mol. The number of carboxylic acid groups (broad SMARTS) is 1. The van der Waals surface area contributed by atoms with Crippen molar-refractivity contribution in [2.45, 2.75) is 32.1 Å². The van der Waals surface area contributed by atoms with Crippen LogP contribution in [-0.4, -0.2) is 53.0 Å². The van der Waals surface area contributed by atoms with Crippen molar-refractivity contribution in [1.29, 1.82) is 0 Å². The highest BCUT2D eigenvalue weighted by Gasteiger charge is 2.39. The maximum absolute atomic E-state index is 13.0. The molecule has 1 saturated heterocycles. The molecule has 1 aromatic heterocycles. The number of anilines is 1. The van der Waals surface area contributed by atoms with Gasteiger partial charge in [0.2, 0.25) is 5.43 Å². The number of carboxylic acids is 1. The van der Waals surface area contributed by atoms with Crippen molar-refractivity contribution in [3.63, 3.8) is 0 Å². The molecule has 1 unspecified atom stereocenters. The number of rotatable bonds is 2. The van der Waals surface area contributed by atoms with Crippen LogP contribution in [0.15, 0.2) is 21.5 Å². The predicted octanol–water partition coefficient (Wildman–Crippen LogP) is 3.61. The lowest BCUT2D eigenvalue weighted by Gasteiger charge is -2.39. The van der Waals surface area contributed by atoms with Gasteiger partial charge in [0.1, 0.15) is 5.56 Å². The number of nitrogens with zero attached hydrogens (tertiary/aromatic N) is 3. The normalized spacial score (nSPS) is 20.3. The summed E-state index contributed by atoms with van der Waals surface area (Å²) in [6.07, 6.45) is -1.54. The van der Waals surface area contributed by atoms with E-state index >= 15 is 0 Å². The summed E-state index contributed by atoms with van der Waals surface area (Å²) in [5.41, 5.74) is 1.52. The van der Waals surface area contributed by atoms with Gasteiger partial charge in [0.05, 0.1) is 11.2 Å². The third kappa shape index (κ3) is 3.31. The van der Waals surface area contributed by atoms with Gasteiger partial charge in [0.25, 0.3) is 0 Å². The van der Waals surface area contributed by atoms with E-state index in [4.69, 9.17) is 0 Å². The molecule has 10 heteroatoms. The molecule has 156 valence electrons. The Labute approximate surface area is 172 Å². The van der Waals surface area contributed by atoms with E-state index in [9.17, 15) is 27.9 Å². The van der Waals surface area contributed by atoms with Gasteiger partial charge in [-0.3, -0.25) is 4.79 Å². The Kier molecular flexibility index (Phi) is 4.89. The highest BCUT2D eigenvalue weighted by molar-refractivity contribution is 9.10. The summed E-state index contributed by atoms with van der Waals surface area (Å²) in [7, 11) is 0. The molecule has 0 radical (unpaired) electrons. The quantitative estimate of drug-likeness (QED) is 0.674. The second-order valence-corrected chi connectivity index (χ2v) is 8.35. The van der Waals surface area contributed by atoms with Gasteiger partial charge in [0, 0.05) is 53.8 Å². The van der Waals surface area contributed by atoms with Gasteiger partial charge in [-0.25, -0.2) is 9.69 Å². The van der Waals surface area contributed by atoms with E-state index in [-0.39, 0.29) is 37.8 Å². The number of hydrogen-bond acceptors (Lipinski definition) is 4. The molecule has 6 nitrogen and oxygen atoms in total. The lowest BCUT2D eigenvalue weighted by atomic mass is 9.94. The number of carbonyl (C=O) groups is 1. The second-order valence-electron chi connectivity index (χ2n) is 7.50. The number of aryl methyl sites for hydroxylation is 1. The van der Waals surface area contributed by atoms with Crippen LogP contribution in [0.5, 0.6) is 0 Å². The fourth-order valence-electron chi connectivity index (χ4n) is 4.31. The standard InChI is InChI=1S/C19H19BrF3N3O3/c1-10-2-3-11-15-12(17(27)13(18(28)29)9-26(10)15)8-14(20)16(11)24-4-6-25(7-5-24)19(21,22)23/h8-10H,2-7H2,1H3,(H,28,29). The van der Waals surface area contributed by atoms with Crippen LogP contribution in [0.2, 0.25) is 0 Å². The average Bonchev–Trinajstić information content (AvgIpc) is 2.65. The topological polar surface area (TPSA) is 65.8 Å². The molecule has 3 heterocycles. The SMILES string of the molecule is CC1CCc2c(N3CCN(C(F)(F)F)CC3)c(Br)cc3c(=O)c(C(=O)O)cn1c23. The van der Waals surface area contributed by atoms with Crippen molar-refractivity contribution < 1.29 is 23.1 Å². The predicted molar refractivity (Wildman–Crippen MR) is 106 cm³/mol. The number of aromatic carboxylic acids is 1. The van der Waals surface area contributed by atoms with Crippen LogP contribution < -0.4 is 10.3 Å². The van der Waals surface area contributed by atoms with Gasteiger partial charge in [-0.1, -0.05) is 0 Å². The molecule has 4 rings (SSSR count). The zero-order valence-corrected chi connectivity index (χ0v) is 17.2. The second kappa shape index (κ2) is 7.02. The van der Waals surface area contributed by atoms with Crippen molar-refractivity contribution in [2.75, 3.05) is 31.1 Å². The monoisotopic (exact) mass is 473 g/mol. The van der Waals surface area contributed by atoms with Crippen molar-refractivity contribution >= 4 is 38.5 Å². The van der Waals surface area contributed by atoms with E-state index in [0.717, 1.165) is 17.7 Å². The third-order valence-electron chi connectivity index (χ3n) is 5.81. The summed E-state index contributed by atoms with van der Waals surface area (Å²) in [4.78, 5) is 26.7. The van der Waals surface area contributed by atoms with Crippen molar-refractivity contribution in [3.05, 3.63) is 38.1 Å². The van der Waals surface area contributed by atoms with E-state index in [2.05, 4.69) is 15.9 Å². The highest BCUT2D eigenvalue weighted by atomic mass is 79.9.